The van der Waals surface area contributed by atoms with Crippen LogP contribution in [0.15, 0.2) is 16.7 Å². The van der Waals surface area contributed by atoms with Gasteiger partial charge in [-0.25, -0.2) is 18.9 Å². The van der Waals surface area contributed by atoms with Crippen molar-refractivity contribution in [1.82, 2.24) is 9.61 Å². The minimum atomic E-state index is -1.06. The van der Waals surface area contributed by atoms with Gasteiger partial charge in [0.15, 0.2) is 5.82 Å². The number of rotatable bonds is 4. The molecule has 0 aliphatic rings. The highest BCUT2D eigenvalue weighted by Crippen LogP contribution is 2.34. The van der Waals surface area contributed by atoms with Crippen molar-refractivity contribution in [3.8, 4) is 5.75 Å². The van der Waals surface area contributed by atoms with Gasteiger partial charge in [0, 0.05) is 10.7 Å². The number of ether oxygens (including phenoxy) is 4. The molecule has 2 heterocycles. The van der Waals surface area contributed by atoms with Gasteiger partial charge in [-0.1, -0.05) is 0 Å². The van der Waals surface area contributed by atoms with E-state index in [9.17, 15) is 14.4 Å². The predicted molar refractivity (Wildman–Crippen MR) is 120 cm³/mol. The number of nitrogens with zero attached hydrogens (tertiary/aromatic N) is 3. The molecule has 2 aromatic rings. The molecule has 0 saturated carbocycles. The lowest BCUT2D eigenvalue weighted by Crippen LogP contribution is -2.44. The highest BCUT2D eigenvalue weighted by atomic mass is 79.9. The zero-order valence-corrected chi connectivity index (χ0v) is 21.0. The van der Waals surface area contributed by atoms with Crippen molar-refractivity contribution < 1.29 is 33.3 Å². The Hall–Kier alpha value is -2.82. The number of esters is 1. The van der Waals surface area contributed by atoms with Crippen LogP contribution in [0.25, 0.3) is 5.52 Å². The fourth-order valence-electron chi connectivity index (χ4n) is 2.67. The summed E-state index contributed by atoms with van der Waals surface area (Å²) < 4.78 is 23.3. The SMILES string of the molecule is CCOC(=O)c1c(N(C(=O)OC(C)(C)C)C(=O)OC(C)(C)C)nn2cc(Br)cc(OC)c12. The first kappa shape index (κ1) is 25.4. The van der Waals surface area contributed by atoms with E-state index in [-0.39, 0.29) is 29.3 Å². The lowest BCUT2D eigenvalue weighted by atomic mass is 10.2. The molecule has 0 spiro atoms. The average molecular weight is 514 g/mol. The predicted octanol–water partition coefficient (Wildman–Crippen LogP) is 4.96. The molecular formula is C21H28BrN3O7. The second kappa shape index (κ2) is 9.35. The fourth-order valence-corrected chi connectivity index (χ4v) is 3.07. The van der Waals surface area contributed by atoms with E-state index in [1.807, 2.05) is 0 Å². The van der Waals surface area contributed by atoms with Crippen molar-refractivity contribution >= 4 is 45.4 Å². The molecule has 0 aliphatic carbocycles. The van der Waals surface area contributed by atoms with Crippen molar-refractivity contribution in [2.75, 3.05) is 18.6 Å². The van der Waals surface area contributed by atoms with Crippen LogP contribution in [0.3, 0.4) is 0 Å². The summed E-state index contributed by atoms with van der Waals surface area (Å²) in [6, 6.07) is 1.62. The second-order valence-electron chi connectivity index (χ2n) is 8.74. The number of anilines is 1. The maximum absolute atomic E-state index is 13.1. The number of halogens is 1. The second-order valence-corrected chi connectivity index (χ2v) is 9.65. The maximum Gasteiger partial charge on any atom is 0.425 e. The van der Waals surface area contributed by atoms with Crippen LogP contribution in [0.5, 0.6) is 5.75 Å². The quantitative estimate of drug-likeness (QED) is 0.416. The number of hydrogen-bond acceptors (Lipinski definition) is 8. The third-order valence-electron chi connectivity index (χ3n) is 3.70. The molecule has 0 saturated heterocycles. The monoisotopic (exact) mass is 513 g/mol. The van der Waals surface area contributed by atoms with Crippen LogP contribution in [0, 0.1) is 0 Å². The number of imide groups is 1. The highest BCUT2D eigenvalue weighted by Gasteiger charge is 2.39. The Labute approximate surface area is 194 Å². The molecule has 0 aromatic carbocycles. The fraction of sp³-hybridized carbons (Fsp3) is 0.524. The summed E-state index contributed by atoms with van der Waals surface area (Å²) >= 11 is 3.35. The van der Waals surface area contributed by atoms with Gasteiger partial charge >= 0.3 is 18.2 Å². The molecule has 2 rings (SSSR count). The number of carbonyl (C=O) groups excluding carboxylic acids is 3. The van der Waals surface area contributed by atoms with E-state index in [1.54, 1.807) is 60.7 Å². The van der Waals surface area contributed by atoms with Crippen LogP contribution in [0.2, 0.25) is 0 Å². The van der Waals surface area contributed by atoms with Gasteiger partial charge in [-0.05, 0) is 70.5 Å². The third kappa shape index (κ3) is 5.90. The van der Waals surface area contributed by atoms with Crippen molar-refractivity contribution in [2.24, 2.45) is 0 Å². The minimum absolute atomic E-state index is 0.0628. The molecule has 2 aromatic heterocycles. The van der Waals surface area contributed by atoms with Crippen molar-refractivity contribution in [2.45, 2.75) is 59.7 Å². The number of amides is 2. The molecule has 176 valence electrons. The summed E-state index contributed by atoms with van der Waals surface area (Å²) in [7, 11) is 1.42. The third-order valence-corrected chi connectivity index (χ3v) is 4.14. The Morgan fingerprint density at radius 2 is 1.59 bits per heavy atom. The number of pyridine rings is 1. The molecule has 10 nitrogen and oxygen atoms in total. The van der Waals surface area contributed by atoms with E-state index < -0.39 is 29.4 Å². The van der Waals surface area contributed by atoms with Crippen molar-refractivity contribution in [3.63, 3.8) is 0 Å². The molecule has 0 atom stereocenters. The van der Waals surface area contributed by atoms with E-state index >= 15 is 0 Å². The molecule has 0 fully saturated rings. The Bertz CT molecular complexity index is 1010. The normalized spacial score (nSPS) is 11.8. The first-order valence-electron chi connectivity index (χ1n) is 9.87. The van der Waals surface area contributed by atoms with Crippen LogP contribution in [0.1, 0.15) is 58.8 Å². The van der Waals surface area contributed by atoms with E-state index in [1.165, 1.54) is 11.6 Å². The Morgan fingerprint density at radius 1 is 1.06 bits per heavy atom. The average Bonchev–Trinajstić information content (AvgIpc) is 2.96. The van der Waals surface area contributed by atoms with Gasteiger partial charge in [0.05, 0.1) is 13.7 Å². The standard InChI is InChI=1S/C21H28BrN3O7/c1-9-30-17(26)14-15-13(29-8)10-12(22)11-24(15)23-16(14)25(18(27)31-20(2,3)4)19(28)32-21(5,6)7/h10-11H,9H2,1-8H3. The number of hydrogen-bond donors (Lipinski definition) is 0. The number of aromatic nitrogens is 2. The molecule has 0 N–H and O–H groups in total. The van der Waals surface area contributed by atoms with Gasteiger partial charge in [-0.3, -0.25) is 0 Å². The first-order chi connectivity index (χ1) is 14.7. The smallest absolute Gasteiger partial charge is 0.425 e. The zero-order valence-electron chi connectivity index (χ0n) is 19.4. The Morgan fingerprint density at radius 3 is 2.03 bits per heavy atom. The number of methoxy groups -OCH3 is 1. The minimum Gasteiger partial charge on any atom is -0.494 e. The van der Waals surface area contributed by atoms with Crippen LogP contribution in [-0.4, -0.2) is 52.7 Å². The van der Waals surface area contributed by atoms with Gasteiger partial charge in [0.25, 0.3) is 0 Å². The zero-order chi connectivity index (χ0) is 24.4. The maximum atomic E-state index is 13.1. The van der Waals surface area contributed by atoms with E-state index in [4.69, 9.17) is 18.9 Å². The topological polar surface area (TPSA) is 109 Å². The van der Waals surface area contributed by atoms with Gasteiger partial charge in [-0.2, -0.15) is 4.90 Å². The van der Waals surface area contributed by atoms with Crippen LogP contribution in [0.4, 0.5) is 15.4 Å². The summed E-state index contributed by atoms with van der Waals surface area (Å²) in [5.74, 6) is -0.826. The van der Waals surface area contributed by atoms with Crippen LogP contribution < -0.4 is 9.64 Å². The Balaban J connectivity index is 2.83. The molecule has 11 heteroatoms. The van der Waals surface area contributed by atoms with Crippen LogP contribution >= 0.6 is 15.9 Å². The summed E-state index contributed by atoms with van der Waals surface area (Å²) in [6.07, 6.45) is -0.565. The van der Waals surface area contributed by atoms with Gasteiger partial charge in [-0.15, -0.1) is 5.10 Å². The molecule has 0 bridgehead atoms. The molecule has 0 radical (unpaired) electrons. The lowest BCUT2D eigenvalue weighted by molar-refractivity contribution is 0.0428. The lowest BCUT2D eigenvalue weighted by Gasteiger charge is -2.27. The van der Waals surface area contributed by atoms with E-state index in [0.29, 0.717) is 9.37 Å². The molecule has 2 amide bonds. The first-order valence-corrected chi connectivity index (χ1v) is 10.7. The highest BCUT2D eigenvalue weighted by molar-refractivity contribution is 9.10. The Kier molecular flexibility index (Phi) is 7.44. The molecule has 0 aliphatic heterocycles. The van der Waals surface area contributed by atoms with Crippen molar-refractivity contribution in [1.29, 1.82) is 0 Å². The number of carbonyl (C=O) groups is 3. The molecule has 0 unspecified atom stereocenters. The van der Waals surface area contributed by atoms with E-state index in [0.717, 1.165) is 0 Å². The summed E-state index contributed by atoms with van der Waals surface area (Å²) in [5.41, 5.74) is -1.79. The number of fused-ring (bicyclic) bond motifs is 1. The summed E-state index contributed by atoms with van der Waals surface area (Å²) in [4.78, 5) is 39.7. The van der Waals surface area contributed by atoms with Crippen LogP contribution in [-0.2, 0) is 14.2 Å². The molecule has 32 heavy (non-hydrogen) atoms. The molecular weight excluding hydrogens is 486 g/mol. The summed E-state index contributed by atoms with van der Waals surface area (Å²) in [5, 5.41) is 4.32. The largest absolute Gasteiger partial charge is 0.494 e. The van der Waals surface area contributed by atoms with Gasteiger partial charge in [0.2, 0.25) is 0 Å². The van der Waals surface area contributed by atoms with Gasteiger partial charge < -0.3 is 18.9 Å². The van der Waals surface area contributed by atoms with Gasteiger partial charge in [0.1, 0.15) is 28.0 Å². The van der Waals surface area contributed by atoms with Crippen molar-refractivity contribution in [3.05, 3.63) is 22.3 Å². The van der Waals surface area contributed by atoms with E-state index in [2.05, 4.69) is 21.0 Å². The summed E-state index contributed by atoms with van der Waals surface area (Å²) in [6.45, 7) is 11.6.